The van der Waals surface area contributed by atoms with Crippen molar-refractivity contribution in [2.45, 2.75) is 32.8 Å². The third-order valence-corrected chi connectivity index (χ3v) is 3.33. The number of ether oxygens (including phenoxy) is 1. The summed E-state index contributed by atoms with van der Waals surface area (Å²) in [5.74, 6) is -0.0786. The molecule has 1 amide bonds. The van der Waals surface area contributed by atoms with E-state index in [1.54, 1.807) is 0 Å². The highest BCUT2D eigenvalue weighted by molar-refractivity contribution is 7.15. The molecule has 5 nitrogen and oxygen atoms in total. The Morgan fingerprint density at radius 2 is 2.38 bits per heavy atom. The molecule has 0 unspecified atom stereocenters. The van der Waals surface area contributed by atoms with Crippen LogP contribution in [-0.4, -0.2) is 22.7 Å². The smallest absolute Gasteiger partial charge is 0.228 e. The molecule has 2 rings (SSSR count). The summed E-state index contributed by atoms with van der Waals surface area (Å²) < 4.78 is 5.50. The zero-order chi connectivity index (χ0) is 11.5. The fourth-order valence-corrected chi connectivity index (χ4v) is 2.27. The molecule has 0 saturated carbocycles. The lowest BCUT2D eigenvalue weighted by Gasteiger charge is -2.03. The monoisotopic (exact) mass is 241 g/mol. The Hall–Kier alpha value is -1.01. The average Bonchev–Trinajstić information content (AvgIpc) is 2.85. The summed E-state index contributed by atoms with van der Waals surface area (Å²) in [6.45, 7) is 4.48. The highest BCUT2D eigenvalue weighted by atomic mass is 32.1. The van der Waals surface area contributed by atoms with Crippen molar-refractivity contribution in [2.75, 3.05) is 11.9 Å². The quantitative estimate of drug-likeness (QED) is 0.879. The fourth-order valence-electron chi connectivity index (χ4n) is 1.44. The van der Waals surface area contributed by atoms with Crippen LogP contribution in [0.25, 0.3) is 0 Å². The summed E-state index contributed by atoms with van der Waals surface area (Å²) >= 11 is 1.40. The number of hydrogen-bond donors (Lipinski definition) is 1. The van der Waals surface area contributed by atoms with Gasteiger partial charge >= 0.3 is 0 Å². The van der Waals surface area contributed by atoms with Crippen LogP contribution in [0, 0.1) is 5.92 Å². The molecule has 0 aromatic carbocycles. The number of carbonyl (C=O) groups is 1. The van der Waals surface area contributed by atoms with Crippen molar-refractivity contribution in [1.29, 1.82) is 0 Å². The van der Waals surface area contributed by atoms with Gasteiger partial charge in [0, 0.05) is 12.5 Å². The van der Waals surface area contributed by atoms with Crippen LogP contribution in [0.15, 0.2) is 0 Å². The maximum atomic E-state index is 11.4. The van der Waals surface area contributed by atoms with E-state index in [0.29, 0.717) is 5.13 Å². The standard InChI is InChI=1S/C10H15N3O2S/c1-6(2)8(14)11-10-13-12-9(16-10)7-4-3-5-15-7/h6-7H,3-5H2,1-2H3,(H,11,13,14)/t7-/m0/s1. The van der Waals surface area contributed by atoms with Gasteiger partial charge in [0.15, 0.2) is 0 Å². The van der Waals surface area contributed by atoms with Gasteiger partial charge in [-0.2, -0.15) is 0 Å². The predicted octanol–water partition coefficient (Wildman–Crippen LogP) is 1.98. The maximum Gasteiger partial charge on any atom is 0.228 e. The minimum absolute atomic E-state index is 0.0324. The molecule has 1 aliphatic rings. The molecule has 1 atom stereocenters. The number of carbonyl (C=O) groups excluding carboxylic acids is 1. The molecule has 0 radical (unpaired) electrons. The summed E-state index contributed by atoms with van der Waals surface area (Å²) in [5.41, 5.74) is 0. The number of anilines is 1. The summed E-state index contributed by atoms with van der Waals surface area (Å²) in [4.78, 5) is 11.4. The minimum Gasteiger partial charge on any atom is -0.371 e. The van der Waals surface area contributed by atoms with E-state index in [0.717, 1.165) is 24.5 Å². The lowest BCUT2D eigenvalue weighted by atomic mass is 10.2. The first-order valence-electron chi connectivity index (χ1n) is 5.42. The molecule has 16 heavy (non-hydrogen) atoms. The van der Waals surface area contributed by atoms with E-state index >= 15 is 0 Å². The molecule has 0 spiro atoms. The van der Waals surface area contributed by atoms with Crippen molar-refractivity contribution < 1.29 is 9.53 Å². The van der Waals surface area contributed by atoms with Gasteiger partial charge in [-0.1, -0.05) is 25.2 Å². The van der Waals surface area contributed by atoms with E-state index in [9.17, 15) is 4.79 Å². The Kier molecular flexibility index (Phi) is 3.50. The number of nitrogens with one attached hydrogen (secondary N) is 1. The summed E-state index contributed by atoms with van der Waals surface area (Å²) in [7, 11) is 0. The van der Waals surface area contributed by atoms with Crippen molar-refractivity contribution >= 4 is 22.4 Å². The van der Waals surface area contributed by atoms with Gasteiger partial charge < -0.3 is 10.1 Å². The molecular formula is C10H15N3O2S. The van der Waals surface area contributed by atoms with Crippen molar-refractivity contribution in [3.05, 3.63) is 5.01 Å². The first-order chi connectivity index (χ1) is 7.66. The van der Waals surface area contributed by atoms with Crippen LogP contribution in [0.3, 0.4) is 0 Å². The fraction of sp³-hybridized carbons (Fsp3) is 0.700. The number of amides is 1. The van der Waals surface area contributed by atoms with Crippen molar-refractivity contribution in [3.63, 3.8) is 0 Å². The van der Waals surface area contributed by atoms with E-state index in [1.807, 2.05) is 13.8 Å². The van der Waals surface area contributed by atoms with Gasteiger partial charge in [0.1, 0.15) is 11.1 Å². The van der Waals surface area contributed by atoms with Crippen molar-refractivity contribution in [1.82, 2.24) is 10.2 Å². The Bertz CT molecular complexity index is 372. The Morgan fingerprint density at radius 3 is 3.00 bits per heavy atom. The van der Waals surface area contributed by atoms with Crippen LogP contribution >= 0.6 is 11.3 Å². The second-order valence-corrected chi connectivity index (χ2v) is 5.10. The molecule has 1 saturated heterocycles. The molecular weight excluding hydrogens is 226 g/mol. The summed E-state index contributed by atoms with van der Waals surface area (Å²) in [6, 6.07) is 0. The number of nitrogens with zero attached hydrogens (tertiary/aromatic N) is 2. The number of rotatable bonds is 3. The van der Waals surface area contributed by atoms with Crippen LogP contribution in [0.1, 0.15) is 37.8 Å². The van der Waals surface area contributed by atoms with Gasteiger partial charge in [-0.3, -0.25) is 4.79 Å². The summed E-state index contributed by atoms with van der Waals surface area (Å²) in [5, 5.41) is 12.1. The lowest BCUT2D eigenvalue weighted by Crippen LogP contribution is -2.17. The molecule has 1 aromatic heterocycles. The van der Waals surface area contributed by atoms with Crippen LogP contribution in [0.4, 0.5) is 5.13 Å². The third-order valence-electron chi connectivity index (χ3n) is 2.40. The largest absolute Gasteiger partial charge is 0.371 e. The van der Waals surface area contributed by atoms with E-state index in [2.05, 4.69) is 15.5 Å². The average molecular weight is 241 g/mol. The van der Waals surface area contributed by atoms with Gasteiger partial charge in [-0.15, -0.1) is 10.2 Å². The highest BCUT2D eigenvalue weighted by Crippen LogP contribution is 2.31. The number of aromatic nitrogens is 2. The normalized spacial score (nSPS) is 20.3. The van der Waals surface area contributed by atoms with Crippen LogP contribution in [0.2, 0.25) is 0 Å². The molecule has 88 valence electrons. The van der Waals surface area contributed by atoms with E-state index < -0.39 is 0 Å². The first-order valence-corrected chi connectivity index (χ1v) is 6.24. The molecule has 1 aliphatic heterocycles. The highest BCUT2D eigenvalue weighted by Gasteiger charge is 2.22. The van der Waals surface area contributed by atoms with Crippen molar-refractivity contribution in [3.8, 4) is 0 Å². The molecule has 2 heterocycles. The summed E-state index contributed by atoms with van der Waals surface area (Å²) in [6.07, 6.45) is 2.13. The Labute approximate surface area is 98.2 Å². The molecule has 1 fully saturated rings. The SMILES string of the molecule is CC(C)C(=O)Nc1nnc([C@@H]2CCCO2)s1. The molecule has 0 aliphatic carbocycles. The van der Waals surface area contributed by atoms with Gasteiger partial charge in [0.25, 0.3) is 0 Å². The third kappa shape index (κ3) is 2.56. The molecule has 1 N–H and O–H groups in total. The van der Waals surface area contributed by atoms with Crippen LogP contribution < -0.4 is 5.32 Å². The zero-order valence-corrected chi connectivity index (χ0v) is 10.2. The van der Waals surface area contributed by atoms with Gasteiger partial charge in [-0.05, 0) is 12.8 Å². The van der Waals surface area contributed by atoms with Gasteiger partial charge in [0.2, 0.25) is 11.0 Å². The number of hydrogen-bond acceptors (Lipinski definition) is 5. The second-order valence-electron chi connectivity index (χ2n) is 4.09. The molecule has 1 aromatic rings. The Balaban J connectivity index is 1.99. The predicted molar refractivity (Wildman–Crippen MR) is 61.3 cm³/mol. The topological polar surface area (TPSA) is 64.1 Å². The van der Waals surface area contributed by atoms with Crippen LogP contribution in [-0.2, 0) is 9.53 Å². The van der Waals surface area contributed by atoms with Crippen LogP contribution in [0.5, 0.6) is 0 Å². The van der Waals surface area contributed by atoms with E-state index in [4.69, 9.17) is 4.74 Å². The zero-order valence-electron chi connectivity index (χ0n) is 9.40. The van der Waals surface area contributed by atoms with Gasteiger partial charge in [-0.25, -0.2) is 0 Å². The molecule has 0 bridgehead atoms. The second kappa shape index (κ2) is 4.88. The lowest BCUT2D eigenvalue weighted by molar-refractivity contribution is -0.118. The first kappa shape index (κ1) is 11.5. The molecule has 6 heteroatoms. The minimum atomic E-state index is -0.0462. The maximum absolute atomic E-state index is 11.4. The van der Waals surface area contributed by atoms with Gasteiger partial charge in [0.05, 0.1) is 0 Å². The van der Waals surface area contributed by atoms with Crippen molar-refractivity contribution in [2.24, 2.45) is 5.92 Å². The Morgan fingerprint density at radius 1 is 1.56 bits per heavy atom. The van der Waals surface area contributed by atoms with E-state index in [1.165, 1.54) is 11.3 Å². The van der Waals surface area contributed by atoms with E-state index in [-0.39, 0.29) is 17.9 Å².